The largest absolute Gasteiger partial charge is 0.387 e. The number of rotatable bonds is 2. The summed E-state index contributed by atoms with van der Waals surface area (Å²) in [6.45, 7) is 3.52. The second-order valence-electron chi connectivity index (χ2n) is 4.45. The van der Waals surface area contributed by atoms with Crippen LogP contribution in [0.5, 0.6) is 0 Å². The van der Waals surface area contributed by atoms with Crippen LogP contribution in [0.15, 0.2) is 0 Å². The van der Waals surface area contributed by atoms with E-state index in [4.69, 9.17) is 8.17 Å². The van der Waals surface area contributed by atoms with E-state index in [2.05, 4.69) is 0 Å². The smallest absolute Gasteiger partial charge is 0.248 e. The number of hydrogen-bond acceptors (Lipinski definition) is 3. The normalized spacial score (nSPS) is 30.3. The highest BCUT2D eigenvalue weighted by Crippen LogP contribution is 2.34. The van der Waals surface area contributed by atoms with Gasteiger partial charge in [-0.2, -0.15) is 0 Å². The van der Waals surface area contributed by atoms with Crippen molar-refractivity contribution in [2.75, 3.05) is 19.7 Å². The van der Waals surface area contributed by atoms with E-state index in [-0.39, 0.29) is 6.54 Å². The number of amides is 1. The molecule has 1 N–H and O–H groups in total. The number of halogens is 2. The Kier molecular flexibility index (Phi) is 4.30. The molecule has 1 amide bonds. The van der Waals surface area contributed by atoms with E-state index in [0.29, 0.717) is 6.54 Å². The van der Waals surface area contributed by atoms with Gasteiger partial charge in [0.15, 0.2) is 0 Å². The van der Waals surface area contributed by atoms with Gasteiger partial charge in [-0.1, -0.05) is 13.8 Å². The molecule has 0 radical (unpaired) electrons. The molecule has 2 atom stereocenters. The number of piperidine rings is 1. The molecule has 0 aromatic carbocycles. The molecule has 1 fully saturated rings. The van der Waals surface area contributed by atoms with Crippen LogP contribution in [0, 0.1) is 5.41 Å². The number of aliphatic hydroxyl groups excluding tert-OH is 1. The minimum absolute atomic E-state index is 0.00348. The Bertz CT molecular complexity index is 250. The number of nitrogens with zero attached hydrogens (tertiary/aromatic N) is 1. The van der Waals surface area contributed by atoms with E-state index < -0.39 is 30.2 Å². The average molecular weight is 331 g/mol. The molecule has 88 valence electrons. The third-order valence-electron chi connectivity index (χ3n) is 2.68. The zero-order valence-corrected chi connectivity index (χ0v) is 10.9. The third-order valence-corrected chi connectivity index (χ3v) is 3.22. The summed E-state index contributed by atoms with van der Waals surface area (Å²) >= 11 is 1.69. The SMILES string of the molecule is CC1(C)CN(C(=O)CO)CC(F)C1OI. The van der Waals surface area contributed by atoms with E-state index in [0.717, 1.165) is 0 Å². The van der Waals surface area contributed by atoms with E-state index in [1.54, 1.807) is 23.0 Å². The highest BCUT2D eigenvalue weighted by molar-refractivity contribution is 14.1. The minimum Gasteiger partial charge on any atom is -0.387 e. The molecule has 1 rings (SSSR count). The van der Waals surface area contributed by atoms with Crippen molar-refractivity contribution in [2.24, 2.45) is 5.41 Å². The monoisotopic (exact) mass is 331 g/mol. The summed E-state index contributed by atoms with van der Waals surface area (Å²) < 4.78 is 18.8. The van der Waals surface area contributed by atoms with Crippen LogP contribution >= 0.6 is 23.0 Å². The predicted molar refractivity (Wildman–Crippen MR) is 61.2 cm³/mol. The molecule has 0 saturated carbocycles. The molecule has 15 heavy (non-hydrogen) atoms. The molecule has 1 aliphatic rings. The Hall–Kier alpha value is 0.0500. The number of carbonyl (C=O) groups excluding carboxylic acids is 1. The summed E-state index contributed by atoms with van der Waals surface area (Å²) in [5.41, 5.74) is -0.441. The van der Waals surface area contributed by atoms with E-state index in [9.17, 15) is 9.18 Å². The maximum atomic E-state index is 13.7. The average Bonchev–Trinajstić information content (AvgIpc) is 2.14. The van der Waals surface area contributed by atoms with Crippen LogP contribution < -0.4 is 0 Å². The maximum absolute atomic E-state index is 13.7. The van der Waals surface area contributed by atoms with Gasteiger partial charge in [0.25, 0.3) is 0 Å². The van der Waals surface area contributed by atoms with Crippen molar-refractivity contribution in [2.45, 2.75) is 26.1 Å². The van der Waals surface area contributed by atoms with E-state index in [1.807, 2.05) is 13.8 Å². The lowest BCUT2D eigenvalue weighted by Gasteiger charge is -2.44. The first-order chi connectivity index (χ1) is 6.92. The summed E-state index contributed by atoms with van der Waals surface area (Å²) in [6, 6.07) is 0. The number of aliphatic hydroxyl groups is 1. The van der Waals surface area contributed by atoms with E-state index in [1.165, 1.54) is 4.90 Å². The minimum atomic E-state index is -1.21. The van der Waals surface area contributed by atoms with Gasteiger partial charge in [-0.05, 0) is 0 Å². The van der Waals surface area contributed by atoms with Gasteiger partial charge < -0.3 is 13.1 Å². The van der Waals surface area contributed by atoms with Crippen molar-refractivity contribution in [1.82, 2.24) is 4.90 Å². The first-order valence-corrected chi connectivity index (χ1v) is 5.60. The summed E-state index contributed by atoms with van der Waals surface area (Å²) in [5.74, 6) is -0.433. The number of alkyl halides is 1. The fourth-order valence-electron chi connectivity index (χ4n) is 1.91. The zero-order chi connectivity index (χ0) is 11.6. The van der Waals surface area contributed by atoms with Crippen molar-refractivity contribution in [3.05, 3.63) is 0 Å². The second-order valence-corrected chi connectivity index (χ2v) is 4.96. The number of likely N-dealkylation sites (tertiary alicyclic amines) is 1. The Morgan fingerprint density at radius 3 is 2.73 bits per heavy atom. The Labute approximate surface area is 102 Å². The van der Waals surface area contributed by atoms with E-state index >= 15 is 0 Å². The molecule has 0 aliphatic carbocycles. The lowest BCUT2D eigenvalue weighted by atomic mass is 9.80. The topological polar surface area (TPSA) is 49.8 Å². The van der Waals surface area contributed by atoms with Gasteiger partial charge in [-0.15, -0.1) is 0 Å². The molecule has 6 heteroatoms. The lowest BCUT2D eigenvalue weighted by molar-refractivity contribution is -0.143. The predicted octanol–water partition coefficient (Wildman–Crippen LogP) is 0.920. The molecule has 0 aromatic rings. The first-order valence-electron chi connectivity index (χ1n) is 4.72. The van der Waals surface area contributed by atoms with Crippen LogP contribution in [0.25, 0.3) is 0 Å². The van der Waals surface area contributed by atoms with Crippen LogP contribution in [0.2, 0.25) is 0 Å². The zero-order valence-electron chi connectivity index (χ0n) is 8.74. The first kappa shape index (κ1) is 13.1. The van der Waals surface area contributed by atoms with Gasteiger partial charge >= 0.3 is 0 Å². The highest BCUT2D eigenvalue weighted by atomic mass is 127. The van der Waals surface area contributed by atoms with Crippen LogP contribution in [-0.2, 0) is 7.86 Å². The number of hydrogen-bond donors (Lipinski definition) is 1. The summed E-state index contributed by atoms with van der Waals surface area (Å²) in [7, 11) is 0. The Morgan fingerprint density at radius 2 is 2.33 bits per heavy atom. The molecule has 1 saturated heterocycles. The van der Waals surface area contributed by atoms with Gasteiger partial charge in [-0.3, -0.25) is 4.79 Å². The van der Waals surface area contributed by atoms with Crippen LogP contribution in [0.3, 0.4) is 0 Å². The molecule has 4 nitrogen and oxygen atoms in total. The molecule has 1 heterocycles. The second kappa shape index (κ2) is 4.92. The van der Waals surface area contributed by atoms with Crippen LogP contribution in [0.4, 0.5) is 4.39 Å². The molecule has 1 aliphatic heterocycles. The van der Waals surface area contributed by atoms with Gasteiger partial charge in [0.2, 0.25) is 5.91 Å². The molecule has 0 spiro atoms. The summed E-state index contributed by atoms with van der Waals surface area (Å²) in [4.78, 5) is 12.6. The molecule has 0 aromatic heterocycles. The van der Waals surface area contributed by atoms with Crippen molar-refractivity contribution in [3.8, 4) is 0 Å². The quantitative estimate of drug-likeness (QED) is 0.766. The van der Waals surface area contributed by atoms with Gasteiger partial charge in [0, 0.05) is 12.0 Å². The molecular formula is C9H15FINO3. The van der Waals surface area contributed by atoms with Crippen LogP contribution in [-0.4, -0.2) is 47.9 Å². The van der Waals surface area contributed by atoms with Crippen molar-refractivity contribution < 1.29 is 17.4 Å². The van der Waals surface area contributed by atoms with Gasteiger partial charge in [-0.25, -0.2) is 4.39 Å². The highest BCUT2D eigenvalue weighted by Gasteiger charge is 2.44. The Morgan fingerprint density at radius 1 is 1.73 bits per heavy atom. The van der Waals surface area contributed by atoms with Gasteiger partial charge in [0.05, 0.1) is 6.54 Å². The van der Waals surface area contributed by atoms with Crippen molar-refractivity contribution in [3.63, 3.8) is 0 Å². The fourth-order valence-corrected chi connectivity index (χ4v) is 2.92. The summed E-state index contributed by atoms with van der Waals surface area (Å²) in [6.07, 6.45) is -1.72. The Balaban J connectivity index is 2.77. The molecule has 0 bridgehead atoms. The van der Waals surface area contributed by atoms with Crippen LogP contribution in [0.1, 0.15) is 13.8 Å². The molecule has 2 unspecified atom stereocenters. The maximum Gasteiger partial charge on any atom is 0.248 e. The summed E-state index contributed by atoms with van der Waals surface area (Å²) in [5, 5.41) is 8.72. The fraction of sp³-hybridized carbons (Fsp3) is 0.889. The molecular weight excluding hydrogens is 316 g/mol. The standard InChI is InChI=1S/C9H15FINO3/c1-9(2)5-12(7(14)4-13)3-6(10)8(9)15-11/h6,8,13H,3-5H2,1-2H3. The van der Waals surface area contributed by atoms with Crippen molar-refractivity contribution >= 4 is 28.9 Å². The van der Waals surface area contributed by atoms with Gasteiger partial charge in [0.1, 0.15) is 41.9 Å². The lowest BCUT2D eigenvalue weighted by Crippen LogP contribution is -2.57. The third kappa shape index (κ3) is 2.79. The number of carbonyl (C=O) groups is 1. The van der Waals surface area contributed by atoms with Crippen molar-refractivity contribution in [1.29, 1.82) is 0 Å².